The van der Waals surface area contributed by atoms with Crippen LogP contribution in [0.15, 0.2) is 42.5 Å². The lowest BCUT2D eigenvalue weighted by atomic mass is 10.1. The van der Waals surface area contributed by atoms with E-state index in [2.05, 4.69) is 10.6 Å². The number of anilines is 1. The van der Waals surface area contributed by atoms with Crippen LogP contribution in [-0.2, 0) is 0 Å². The van der Waals surface area contributed by atoms with Gasteiger partial charge in [0.1, 0.15) is 5.75 Å². The van der Waals surface area contributed by atoms with Gasteiger partial charge in [0, 0.05) is 0 Å². The predicted octanol–water partition coefficient (Wildman–Crippen LogP) is 2.56. The largest absolute Gasteiger partial charge is 0.473 e. The molecule has 0 aliphatic heterocycles. The fourth-order valence-electron chi connectivity index (χ4n) is 2.03. The Morgan fingerprint density at radius 1 is 1.09 bits per heavy atom. The van der Waals surface area contributed by atoms with Gasteiger partial charge in [0.25, 0.3) is 5.91 Å². The number of carbonyl (C=O) groups is 2. The molecule has 120 valence electrons. The zero-order chi connectivity index (χ0) is 16.8. The topological polar surface area (TPSA) is 93.4 Å². The van der Waals surface area contributed by atoms with Crippen molar-refractivity contribution in [2.24, 2.45) is 5.73 Å². The van der Waals surface area contributed by atoms with Crippen LogP contribution in [0.2, 0.25) is 0 Å². The summed E-state index contributed by atoms with van der Waals surface area (Å²) in [7, 11) is 0. The Bertz CT molecular complexity index is 729. The van der Waals surface area contributed by atoms with Gasteiger partial charge in [0.15, 0.2) is 6.73 Å². The number of carbonyl (C=O) groups excluding carboxylic acids is 2. The molecule has 0 radical (unpaired) electrons. The van der Waals surface area contributed by atoms with E-state index < -0.39 is 11.9 Å². The number of para-hydroxylation sites is 1. The maximum Gasteiger partial charge on any atom is 0.321 e. The second kappa shape index (κ2) is 7.31. The number of benzene rings is 2. The van der Waals surface area contributed by atoms with Crippen molar-refractivity contribution in [3.8, 4) is 5.75 Å². The minimum atomic E-state index is -0.604. The minimum absolute atomic E-state index is 0.00879. The molecule has 0 saturated heterocycles. The number of nitrogens with one attached hydrogen (secondary N) is 2. The molecule has 0 bridgehead atoms. The normalized spacial score (nSPS) is 10.0. The highest BCUT2D eigenvalue weighted by Crippen LogP contribution is 2.20. The maximum absolute atomic E-state index is 11.9. The van der Waals surface area contributed by atoms with Crippen LogP contribution in [0.4, 0.5) is 10.5 Å². The Kier molecular flexibility index (Phi) is 5.19. The first-order valence-electron chi connectivity index (χ1n) is 7.11. The summed E-state index contributed by atoms with van der Waals surface area (Å²) < 4.78 is 5.54. The van der Waals surface area contributed by atoms with Gasteiger partial charge in [-0.15, -0.1) is 0 Å². The Balaban J connectivity index is 1.91. The van der Waals surface area contributed by atoms with E-state index >= 15 is 0 Å². The molecule has 3 amide bonds. The van der Waals surface area contributed by atoms with Crippen LogP contribution in [0, 0.1) is 13.8 Å². The molecule has 6 nitrogen and oxygen atoms in total. The summed E-state index contributed by atoms with van der Waals surface area (Å²) >= 11 is 0. The highest BCUT2D eigenvalue weighted by atomic mass is 16.5. The van der Waals surface area contributed by atoms with E-state index in [1.54, 1.807) is 24.3 Å². The first-order chi connectivity index (χ1) is 11.0. The Labute approximate surface area is 134 Å². The SMILES string of the molecule is Cc1cccc(OCNC(=O)Nc2ccccc2C(N)=O)c1C. The molecule has 2 aromatic carbocycles. The third-order valence-electron chi connectivity index (χ3n) is 3.46. The van der Waals surface area contributed by atoms with Crippen molar-refractivity contribution >= 4 is 17.6 Å². The van der Waals surface area contributed by atoms with Crippen molar-refractivity contribution in [3.63, 3.8) is 0 Å². The highest BCUT2D eigenvalue weighted by molar-refractivity contribution is 6.02. The smallest absolute Gasteiger partial charge is 0.321 e. The molecule has 2 aromatic rings. The monoisotopic (exact) mass is 313 g/mol. The second-order valence-electron chi connectivity index (χ2n) is 5.03. The first kappa shape index (κ1) is 16.4. The number of ether oxygens (including phenoxy) is 1. The molecule has 0 spiro atoms. The molecule has 0 aliphatic carbocycles. The number of rotatable bonds is 5. The summed E-state index contributed by atoms with van der Waals surface area (Å²) in [6, 6.07) is 11.8. The van der Waals surface area contributed by atoms with E-state index in [1.165, 1.54) is 0 Å². The van der Waals surface area contributed by atoms with Crippen LogP contribution in [-0.4, -0.2) is 18.7 Å². The molecule has 0 unspecified atom stereocenters. The number of urea groups is 1. The molecular weight excluding hydrogens is 294 g/mol. The van der Waals surface area contributed by atoms with E-state index in [1.807, 2.05) is 32.0 Å². The number of nitrogens with two attached hydrogens (primary N) is 1. The maximum atomic E-state index is 11.9. The molecule has 2 rings (SSSR count). The van der Waals surface area contributed by atoms with Crippen LogP contribution >= 0.6 is 0 Å². The summed E-state index contributed by atoms with van der Waals surface area (Å²) in [6.07, 6.45) is 0. The standard InChI is InChI=1S/C17H19N3O3/c1-11-6-5-9-15(12(11)2)23-10-19-17(22)20-14-8-4-3-7-13(14)16(18)21/h3-9H,10H2,1-2H3,(H2,18,21)(H2,19,20,22). The van der Waals surface area contributed by atoms with Gasteiger partial charge in [0.05, 0.1) is 11.3 Å². The number of hydrogen-bond donors (Lipinski definition) is 3. The highest BCUT2D eigenvalue weighted by Gasteiger charge is 2.10. The van der Waals surface area contributed by atoms with Crippen molar-refractivity contribution in [2.75, 3.05) is 12.0 Å². The number of primary amides is 1. The van der Waals surface area contributed by atoms with Gasteiger partial charge in [-0.3, -0.25) is 4.79 Å². The molecule has 0 aromatic heterocycles. The average molecular weight is 313 g/mol. The summed E-state index contributed by atoms with van der Waals surface area (Å²) in [4.78, 5) is 23.2. The minimum Gasteiger partial charge on any atom is -0.473 e. The fourth-order valence-corrected chi connectivity index (χ4v) is 2.03. The van der Waals surface area contributed by atoms with Gasteiger partial charge < -0.3 is 21.1 Å². The van der Waals surface area contributed by atoms with E-state index in [0.29, 0.717) is 11.4 Å². The molecule has 0 atom stereocenters. The van der Waals surface area contributed by atoms with E-state index in [4.69, 9.17) is 10.5 Å². The van der Waals surface area contributed by atoms with Crippen LogP contribution in [0.1, 0.15) is 21.5 Å². The third-order valence-corrected chi connectivity index (χ3v) is 3.46. The second-order valence-corrected chi connectivity index (χ2v) is 5.03. The quantitative estimate of drug-likeness (QED) is 0.741. The van der Waals surface area contributed by atoms with E-state index in [0.717, 1.165) is 11.1 Å². The van der Waals surface area contributed by atoms with Crippen LogP contribution < -0.4 is 21.1 Å². The zero-order valence-electron chi connectivity index (χ0n) is 13.1. The van der Waals surface area contributed by atoms with Crippen molar-refractivity contribution in [3.05, 3.63) is 59.2 Å². The Morgan fingerprint density at radius 3 is 2.57 bits per heavy atom. The average Bonchev–Trinajstić information content (AvgIpc) is 2.52. The zero-order valence-corrected chi connectivity index (χ0v) is 13.1. The molecule has 0 saturated carbocycles. The van der Waals surface area contributed by atoms with Crippen LogP contribution in [0.5, 0.6) is 5.75 Å². The molecule has 0 aliphatic rings. The fraction of sp³-hybridized carbons (Fsp3) is 0.176. The van der Waals surface area contributed by atoms with Crippen LogP contribution in [0.3, 0.4) is 0 Å². The first-order valence-corrected chi connectivity index (χ1v) is 7.11. The number of amides is 3. The van der Waals surface area contributed by atoms with Gasteiger partial charge in [-0.25, -0.2) is 4.79 Å². The molecule has 6 heteroatoms. The van der Waals surface area contributed by atoms with Gasteiger partial charge in [-0.1, -0.05) is 24.3 Å². The van der Waals surface area contributed by atoms with Crippen molar-refractivity contribution in [1.82, 2.24) is 5.32 Å². The van der Waals surface area contributed by atoms with Crippen molar-refractivity contribution in [1.29, 1.82) is 0 Å². The summed E-state index contributed by atoms with van der Waals surface area (Å²) in [5, 5.41) is 5.14. The lowest BCUT2D eigenvalue weighted by molar-refractivity contribution is 0.100. The molecule has 0 heterocycles. The van der Waals surface area contributed by atoms with Gasteiger partial charge in [0.2, 0.25) is 0 Å². The number of hydrogen-bond acceptors (Lipinski definition) is 3. The van der Waals surface area contributed by atoms with E-state index in [9.17, 15) is 9.59 Å². The van der Waals surface area contributed by atoms with E-state index in [-0.39, 0.29) is 12.3 Å². The van der Waals surface area contributed by atoms with Crippen molar-refractivity contribution in [2.45, 2.75) is 13.8 Å². The van der Waals surface area contributed by atoms with Gasteiger partial charge in [-0.2, -0.15) is 0 Å². The molecule has 23 heavy (non-hydrogen) atoms. The van der Waals surface area contributed by atoms with Gasteiger partial charge >= 0.3 is 6.03 Å². The lowest BCUT2D eigenvalue weighted by Gasteiger charge is -2.13. The van der Waals surface area contributed by atoms with Crippen LogP contribution in [0.25, 0.3) is 0 Å². The summed E-state index contributed by atoms with van der Waals surface area (Å²) in [6.45, 7) is 3.95. The molecule has 4 N–H and O–H groups in total. The predicted molar refractivity (Wildman–Crippen MR) is 88.5 cm³/mol. The Hall–Kier alpha value is -3.02. The van der Waals surface area contributed by atoms with Crippen molar-refractivity contribution < 1.29 is 14.3 Å². The summed E-state index contributed by atoms with van der Waals surface area (Å²) in [5.74, 6) is 0.107. The molecular formula is C17H19N3O3. The Morgan fingerprint density at radius 2 is 1.83 bits per heavy atom. The van der Waals surface area contributed by atoms with Gasteiger partial charge in [-0.05, 0) is 43.2 Å². The third kappa shape index (κ3) is 4.23. The lowest BCUT2D eigenvalue weighted by Crippen LogP contribution is -2.32. The molecule has 0 fully saturated rings. The number of aryl methyl sites for hydroxylation is 1. The summed E-state index contributed by atoms with van der Waals surface area (Å²) in [5.41, 5.74) is 8.00.